The Morgan fingerprint density at radius 2 is 0.603 bits per heavy atom. The van der Waals surface area contributed by atoms with E-state index in [1.165, 1.54) is 33.4 Å². The summed E-state index contributed by atoms with van der Waals surface area (Å²) >= 11 is 0. The molecule has 0 aliphatic rings. The van der Waals surface area contributed by atoms with E-state index in [2.05, 4.69) is 255 Å². The molecule has 0 aliphatic carbocycles. The van der Waals surface area contributed by atoms with Gasteiger partial charge >= 0.3 is 0 Å². The van der Waals surface area contributed by atoms with Gasteiger partial charge in [0.25, 0.3) is 0 Å². The second-order valence-electron chi connectivity index (χ2n) is 18.5. The first-order valence-corrected chi connectivity index (χ1v) is 24.8. The molecule has 0 amide bonds. The highest BCUT2D eigenvalue weighted by atomic mass is 16.3. The van der Waals surface area contributed by atoms with E-state index < -0.39 is 0 Å². The van der Waals surface area contributed by atoms with Crippen molar-refractivity contribution in [1.29, 1.82) is 0 Å². The van der Waals surface area contributed by atoms with Gasteiger partial charge in [0.05, 0.1) is 11.4 Å². The zero-order valence-electron chi connectivity index (χ0n) is 39.9. The molecule has 2 aromatic heterocycles. The Bertz CT molecular complexity index is 4080. The third-order valence-corrected chi connectivity index (χ3v) is 13.9. The first kappa shape index (κ1) is 43.3. The smallest absolute Gasteiger partial charge is 0.161 e. The number of fused-ring (bicyclic) bond motifs is 3. The third-order valence-electron chi connectivity index (χ3n) is 13.9. The largest absolute Gasteiger partial charge is 0.456 e. The van der Waals surface area contributed by atoms with E-state index in [-0.39, 0.29) is 0 Å². The minimum atomic E-state index is 0.636. The van der Waals surface area contributed by atoms with E-state index >= 15 is 0 Å². The predicted molar refractivity (Wildman–Crippen MR) is 304 cm³/mol. The van der Waals surface area contributed by atoms with E-state index in [1.54, 1.807) is 0 Å². The lowest BCUT2D eigenvalue weighted by atomic mass is 9.83. The van der Waals surface area contributed by atoms with Gasteiger partial charge in [-0.25, -0.2) is 9.97 Å². The van der Waals surface area contributed by atoms with E-state index in [9.17, 15) is 0 Å². The molecule has 0 spiro atoms. The molecule has 0 saturated carbocycles. The van der Waals surface area contributed by atoms with Gasteiger partial charge in [-0.05, 0) is 132 Å². The Morgan fingerprint density at radius 1 is 0.233 bits per heavy atom. The van der Waals surface area contributed by atoms with Gasteiger partial charge in [-0.3, -0.25) is 0 Å². The topological polar surface area (TPSA) is 38.9 Å². The lowest BCUT2D eigenvalue weighted by Crippen LogP contribution is -1.97. The van der Waals surface area contributed by atoms with Crippen molar-refractivity contribution in [2.24, 2.45) is 0 Å². The van der Waals surface area contributed by atoms with E-state index in [1.807, 2.05) is 24.3 Å². The van der Waals surface area contributed by atoms with Gasteiger partial charge in [0, 0.05) is 27.5 Å². The zero-order valence-corrected chi connectivity index (χ0v) is 39.9. The summed E-state index contributed by atoms with van der Waals surface area (Å²) in [7, 11) is 0. The zero-order chi connectivity index (χ0) is 48.5. The Balaban J connectivity index is 0.987. The average Bonchev–Trinajstić information content (AvgIpc) is 3.86. The molecule has 2 heterocycles. The van der Waals surface area contributed by atoms with Gasteiger partial charge in [-0.2, -0.15) is 0 Å². The maximum atomic E-state index is 6.56. The monoisotopic (exact) mass is 930 g/mol. The molecular weight excluding hydrogens is 885 g/mol. The van der Waals surface area contributed by atoms with Gasteiger partial charge < -0.3 is 4.42 Å². The summed E-state index contributed by atoms with van der Waals surface area (Å²) in [6, 6.07) is 99.3. The van der Waals surface area contributed by atoms with E-state index in [0.717, 1.165) is 94.5 Å². The highest BCUT2D eigenvalue weighted by Crippen LogP contribution is 2.46. The normalized spacial score (nSPS) is 11.3. The Hall–Kier alpha value is -9.70. The van der Waals surface area contributed by atoms with Crippen LogP contribution in [0.4, 0.5) is 0 Å². The predicted octanol–water partition coefficient (Wildman–Crippen LogP) is 19.0. The molecule has 0 fully saturated rings. The molecule has 0 bridgehead atoms. The van der Waals surface area contributed by atoms with Crippen molar-refractivity contribution in [2.75, 3.05) is 0 Å². The Morgan fingerprint density at radius 3 is 1.15 bits per heavy atom. The van der Waals surface area contributed by atoms with Crippen LogP contribution in [0.2, 0.25) is 0 Å². The average molecular weight is 931 g/mol. The fourth-order valence-electron chi connectivity index (χ4n) is 10.3. The molecule has 13 rings (SSSR count). The molecule has 3 nitrogen and oxygen atoms in total. The van der Waals surface area contributed by atoms with Crippen LogP contribution in [0.5, 0.6) is 0 Å². The van der Waals surface area contributed by atoms with Crippen molar-refractivity contribution in [3.63, 3.8) is 0 Å². The van der Waals surface area contributed by atoms with Gasteiger partial charge in [0.1, 0.15) is 11.2 Å². The van der Waals surface area contributed by atoms with Gasteiger partial charge in [-0.15, -0.1) is 0 Å². The van der Waals surface area contributed by atoms with Crippen molar-refractivity contribution >= 4 is 21.9 Å². The summed E-state index contributed by atoms with van der Waals surface area (Å²) < 4.78 is 6.56. The number of aromatic nitrogens is 2. The molecule has 0 N–H and O–H groups in total. The molecule has 342 valence electrons. The molecule has 0 aliphatic heterocycles. The molecule has 0 saturated heterocycles. The fourth-order valence-corrected chi connectivity index (χ4v) is 10.3. The number of hydrogen-bond donors (Lipinski definition) is 0. The summed E-state index contributed by atoms with van der Waals surface area (Å²) in [6.07, 6.45) is 0. The number of hydrogen-bond acceptors (Lipinski definition) is 3. The minimum absolute atomic E-state index is 0.636. The third kappa shape index (κ3) is 8.49. The van der Waals surface area contributed by atoms with Crippen molar-refractivity contribution in [3.05, 3.63) is 279 Å². The van der Waals surface area contributed by atoms with E-state index in [0.29, 0.717) is 5.82 Å². The van der Waals surface area contributed by atoms with Crippen molar-refractivity contribution in [2.45, 2.75) is 0 Å². The summed E-state index contributed by atoms with van der Waals surface area (Å²) in [5, 5.41) is 2.03. The van der Waals surface area contributed by atoms with Gasteiger partial charge in [0.2, 0.25) is 0 Å². The highest BCUT2D eigenvalue weighted by Gasteiger charge is 2.21. The molecule has 0 atom stereocenters. The molecule has 73 heavy (non-hydrogen) atoms. The Labute approximate surface area is 425 Å². The first-order chi connectivity index (χ1) is 36.2. The first-order valence-electron chi connectivity index (χ1n) is 24.8. The number of benzene rings is 11. The van der Waals surface area contributed by atoms with Crippen LogP contribution in [0.3, 0.4) is 0 Å². The highest BCUT2D eigenvalue weighted by molar-refractivity contribution is 6.13. The number of nitrogens with zero attached hydrogens (tertiary/aromatic N) is 2. The molecule has 3 heteroatoms. The fraction of sp³-hybridized carbons (Fsp3) is 0. The minimum Gasteiger partial charge on any atom is -0.456 e. The molecule has 13 aromatic rings. The van der Waals surface area contributed by atoms with Crippen molar-refractivity contribution < 1.29 is 4.42 Å². The maximum Gasteiger partial charge on any atom is 0.161 e. The second-order valence-corrected chi connectivity index (χ2v) is 18.5. The molecule has 11 aromatic carbocycles. The molecule has 0 unspecified atom stereocenters. The van der Waals surface area contributed by atoms with Crippen LogP contribution in [-0.2, 0) is 0 Å². The standard InChI is InChI=1S/C70H46N2O/c1-7-21-47(22-8-1)55-39-56(41-59(40-55)62-43-57(48-23-9-2-10-24-48)42-61(51-27-13-4-14-28-51)68(62)54-31-17-6-18-32-54)50-35-37-53(38-36-50)65-46-64(52-29-15-5-16-30-52)71-70(72-65)63-44-58(49-25-11-3-12-26-49)45-67-69(63)60-33-19-20-34-66(60)73-67/h1-46H. The SMILES string of the molecule is c1ccc(-c2cc(-c3ccc(-c4cc(-c5ccccc5)nc(-c5cc(-c6ccccc6)cc6oc7ccccc7c56)n4)cc3)cc(-c3cc(-c4ccccc4)cc(-c4ccccc4)c3-c3ccccc3)c2)cc1. The molecule has 0 radical (unpaired) electrons. The summed E-state index contributed by atoms with van der Waals surface area (Å²) in [4.78, 5) is 10.8. The lowest BCUT2D eigenvalue weighted by molar-refractivity contribution is 0.669. The van der Waals surface area contributed by atoms with Crippen LogP contribution in [0.1, 0.15) is 0 Å². The second kappa shape index (κ2) is 18.9. The van der Waals surface area contributed by atoms with Crippen LogP contribution < -0.4 is 0 Å². The van der Waals surface area contributed by atoms with Gasteiger partial charge in [0.15, 0.2) is 5.82 Å². The maximum absolute atomic E-state index is 6.56. The quantitative estimate of drug-likeness (QED) is 0.137. The number of furan rings is 1. The summed E-state index contributed by atoms with van der Waals surface area (Å²) in [6.45, 7) is 0. The van der Waals surface area contributed by atoms with Gasteiger partial charge in [-0.1, -0.05) is 224 Å². The van der Waals surface area contributed by atoms with Crippen LogP contribution in [0.25, 0.3) is 134 Å². The van der Waals surface area contributed by atoms with Crippen LogP contribution in [0, 0.1) is 0 Å². The van der Waals surface area contributed by atoms with Crippen LogP contribution in [0.15, 0.2) is 283 Å². The van der Waals surface area contributed by atoms with Crippen LogP contribution >= 0.6 is 0 Å². The summed E-state index contributed by atoms with van der Waals surface area (Å²) in [5.74, 6) is 0.636. The lowest BCUT2D eigenvalue weighted by Gasteiger charge is -2.20. The number of para-hydroxylation sites is 1. The molecular formula is C70H46N2O. The van der Waals surface area contributed by atoms with Crippen molar-refractivity contribution in [3.8, 4) is 112 Å². The number of rotatable bonds is 10. The Kier molecular flexibility index (Phi) is 11.2. The summed E-state index contributed by atoms with van der Waals surface area (Å²) in [5.41, 5.74) is 22.3. The van der Waals surface area contributed by atoms with Crippen LogP contribution in [-0.4, -0.2) is 9.97 Å². The van der Waals surface area contributed by atoms with Crippen molar-refractivity contribution in [1.82, 2.24) is 9.97 Å². The van der Waals surface area contributed by atoms with E-state index in [4.69, 9.17) is 14.4 Å².